The van der Waals surface area contributed by atoms with Crippen LogP contribution >= 0.6 is 0 Å². The van der Waals surface area contributed by atoms with Gasteiger partial charge in [0.05, 0.1) is 5.76 Å². The van der Waals surface area contributed by atoms with Gasteiger partial charge in [0.25, 0.3) is 0 Å². The molecular weight excluding hydrogens is 745 g/mol. The number of para-hydroxylation sites is 2. The summed E-state index contributed by atoms with van der Waals surface area (Å²) in [5, 5.41) is 8.36. The van der Waals surface area contributed by atoms with E-state index in [1.807, 2.05) is 6.20 Å². The maximum absolute atomic E-state index is 10.0. The molecule has 0 saturated heterocycles. The van der Waals surface area contributed by atoms with Crippen LogP contribution in [-0.4, -0.2) is 15.9 Å². The summed E-state index contributed by atoms with van der Waals surface area (Å²) in [6.45, 7) is 2.85. The van der Waals surface area contributed by atoms with Gasteiger partial charge in [-0.05, 0) is 77.8 Å². The molecular formula is C41H31IrN2O2-. The SMILES string of the molecule is CC(=O)/C=C(/C)O.[Ir].[c-]1cc(N(c2ccccc2)c2ccccc2)cc2c1-c1ncccc1C21c2ccccc2-c2ccccc21. The van der Waals surface area contributed by atoms with E-state index in [4.69, 9.17) is 10.1 Å². The quantitative estimate of drug-likeness (QED) is 0.110. The molecule has 1 N–H and O–H groups in total. The van der Waals surface area contributed by atoms with E-state index in [1.165, 1.54) is 53.3 Å². The molecule has 8 rings (SSSR count). The zero-order valence-corrected chi connectivity index (χ0v) is 27.8. The second kappa shape index (κ2) is 12.7. The minimum atomic E-state index is -0.433. The van der Waals surface area contributed by atoms with Crippen LogP contribution in [0.15, 0.2) is 151 Å². The number of aliphatic hydroxyl groups is 1. The molecule has 1 radical (unpaired) electrons. The Labute approximate surface area is 283 Å². The van der Waals surface area contributed by atoms with Crippen molar-refractivity contribution in [3.05, 3.63) is 180 Å². The fraction of sp³-hybridized carbons (Fsp3) is 0.0732. The number of fused-ring (bicyclic) bond motifs is 10. The summed E-state index contributed by atoms with van der Waals surface area (Å²) >= 11 is 0. The van der Waals surface area contributed by atoms with Gasteiger partial charge in [0.15, 0.2) is 5.78 Å². The van der Waals surface area contributed by atoms with E-state index >= 15 is 0 Å². The zero-order chi connectivity index (χ0) is 31.0. The molecule has 0 aliphatic heterocycles. The molecule has 4 nitrogen and oxygen atoms in total. The number of aliphatic hydroxyl groups excluding tert-OH is 1. The third kappa shape index (κ3) is 5.08. The smallest absolute Gasteiger partial charge is 0.155 e. The summed E-state index contributed by atoms with van der Waals surface area (Å²) in [5.41, 5.74) is 12.6. The molecule has 0 atom stereocenters. The fourth-order valence-corrected chi connectivity index (χ4v) is 6.87. The molecule has 1 spiro atoms. The average Bonchev–Trinajstić information content (AvgIpc) is 3.53. The largest absolute Gasteiger partial charge is 0.512 e. The van der Waals surface area contributed by atoms with E-state index in [1.54, 1.807) is 0 Å². The molecule has 227 valence electrons. The molecule has 0 saturated carbocycles. The molecule has 0 fully saturated rings. The van der Waals surface area contributed by atoms with Crippen molar-refractivity contribution in [2.45, 2.75) is 19.3 Å². The van der Waals surface area contributed by atoms with Gasteiger partial charge < -0.3 is 15.0 Å². The molecule has 5 aromatic carbocycles. The molecule has 6 aromatic rings. The number of anilines is 3. The van der Waals surface area contributed by atoms with Crippen molar-refractivity contribution < 1.29 is 30.0 Å². The van der Waals surface area contributed by atoms with Crippen molar-refractivity contribution >= 4 is 22.8 Å². The standard InChI is InChI=1S/C36H23N2.C5H8O2.Ir/c1-3-12-25(13-4-1)38(26-14-5-2-6-15-26)27-21-22-30-34(24-27)36(33-20-11-23-37-35(30)33)31-18-9-7-16-28(31)29-17-8-10-19-32(29)36;1-4(6)3-5(2)7;/h1-21,23-24H;3,6H,1-2H3;/q-1;;/b;4-3-;. The molecule has 1 aromatic heterocycles. The minimum absolute atomic E-state index is 0. The molecule has 2 aliphatic rings. The van der Waals surface area contributed by atoms with E-state index < -0.39 is 5.41 Å². The van der Waals surface area contributed by atoms with Crippen LogP contribution in [0.4, 0.5) is 17.1 Å². The number of allylic oxidation sites excluding steroid dienone is 2. The van der Waals surface area contributed by atoms with Crippen molar-refractivity contribution in [3.63, 3.8) is 0 Å². The molecule has 5 heteroatoms. The Bertz CT molecular complexity index is 1970. The maximum Gasteiger partial charge on any atom is 0.155 e. The number of ketones is 1. The molecule has 2 aliphatic carbocycles. The topological polar surface area (TPSA) is 53.4 Å². The first-order chi connectivity index (χ1) is 22.0. The summed E-state index contributed by atoms with van der Waals surface area (Å²) in [5.74, 6) is -0.0625. The first-order valence-electron chi connectivity index (χ1n) is 15.0. The van der Waals surface area contributed by atoms with Crippen LogP contribution in [0.3, 0.4) is 0 Å². The molecule has 0 unspecified atom stereocenters. The number of hydrogen-bond donors (Lipinski definition) is 1. The number of benzene rings is 5. The third-order valence-corrected chi connectivity index (χ3v) is 8.43. The fourth-order valence-electron chi connectivity index (χ4n) is 6.87. The van der Waals surface area contributed by atoms with E-state index in [9.17, 15) is 4.79 Å². The van der Waals surface area contributed by atoms with Crippen molar-refractivity contribution in [1.82, 2.24) is 4.98 Å². The first kappa shape index (κ1) is 30.9. The number of pyridine rings is 1. The summed E-state index contributed by atoms with van der Waals surface area (Å²) in [6.07, 6.45) is 3.07. The van der Waals surface area contributed by atoms with Gasteiger partial charge in [-0.15, -0.1) is 29.3 Å². The van der Waals surface area contributed by atoms with Crippen molar-refractivity contribution in [1.29, 1.82) is 0 Å². The second-order valence-electron chi connectivity index (χ2n) is 11.3. The van der Waals surface area contributed by atoms with Gasteiger partial charge in [0.2, 0.25) is 0 Å². The van der Waals surface area contributed by atoms with Crippen LogP contribution in [-0.2, 0) is 30.3 Å². The average molecular weight is 776 g/mol. The number of carbonyl (C=O) groups is 1. The summed E-state index contributed by atoms with van der Waals surface area (Å²) < 4.78 is 0. The number of hydrogen-bond acceptors (Lipinski definition) is 4. The predicted molar refractivity (Wildman–Crippen MR) is 181 cm³/mol. The van der Waals surface area contributed by atoms with Crippen molar-refractivity contribution in [2.24, 2.45) is 0 Å². The number of rotatable bonds is 4. The van der Waals surface area contributed by atoms with Crippen LogP contribution in [0.2, 0.25) is 0 Å². The van der Waals surface area contributed by atoms with E-state index in [0.29, 0.717) is 0 Å². The molecule has 0 bridgehead atoms. The zero-order valence-electron chi connectivity index (χ0n) is 25.4. The van der Waals surface area contributed by atoms with Crippen molar-refractivity contribution in [2.75, 3.05) is 4.90 Å². The number of aromatic nitrogens is 1. The monoisotopic (exact) mass is 776 g/mol. The van der Waals surface area contributed by atoms with Crippen LogP contribution < -0.4 is 4.90 Å². The van der Waals surface area contributed by atoms with E-state index in [-0.39, 0.29) is 31.6 Å². The van der Waals surface area contributed by atoms with Gasteiger partial charge in [-0.2, -0.15) is 0 Å². The Kier molecular flexibility index (Phi) is 8.55. The third-order valence-electron chi connectivity index (χ3n) is 8.43. The van der Waals surface area contributed by atoms with Crippen LogP contribution in [0.5, 0.6) is 0 Å². The molecule has 1 heterocycles. The number of nitrogens with zero attached hydrogens (tertiary/aromatic N) is 2. The van der Waals surface area contributed by atoms with Gasteiger partial charge >= 0.3 is 0 Å². The van der Waals surface area contributed by atoms with Crippen molar-refractivity contribution in [3.8, 4) is 22.4 Å². The van der Waals surface area contributed by atoms with Crippen LogP contribution in [0.1, 0.15) is 36.1 Å². The van der Waals surface area contributed by atoms with Gasteiger partial charge in [-0.3, -0.25) is 4.79 Å². The summed E-state index contributed by atoms with van der Waals surface area (Å²) in [7, 11) is 0. The number of carbonyl (C=O) groups excluding carboxylic acids is 1. The molecule has 0 amide bonds. The van der Waals surface area contributed by atoms with E-state index in [0.717, 1.165) is 28.3 Å². The molecule has 46 heavy (non-hydrogen) atoms. The first-order valence-corrected chi connectivity index (χ1v) is 15.0. The Morgan fingerprint density at radius 3 is 1.74 bits per heavy atom. The van der Waals surface area contributed by atoms with Gasteiger partial charge in [0.1, 0.15) is 0 Å². The Balaban J connectivity index is 0.000000421. The normalized spacial score (nSPS) is 12.9. The predicted octanol–water partition coefficient (Wildman–Crippen LogP) is 9.73. The second-order valence-corrected chi connectivity index (χ2v) is 11.3. The Morgan fingerprint density at radius 2 is 1.22 bits per heavy atom. The Hall–Kier alpha value is -5.09. The van der Waals surface area contributed by atoms with Crippen LogP contribution in [0.25, 0.3) is 22.4 Å². The van der Waals surface area contributed by atoms with Gasteiger partial charge in [0, 0.05) is 49.2 Å². The maximum atomic E-state index is 10.0. The Morgan fingerprint density at radius 1 is 0.696 bits per heavy atom. The minimum Gasteiger partial charge on any atom is -0.512 e. The van der Waals surface area contributed by atoms with E-state index in [2.05, 4.69) is 144 Å². The van der Waals surface area contributed by atoms with Gasteiger partial charge in [-0.1, -0.05) is 96.6 Å². The summed E-state index contributed by atoms with van der Waals surface area (Å²) in [6, 6.07) is 51.3. The van der Waals surface area contributed by atoms with Gasteiger partial charge in [-0.25, -0.2) is 0 Å². The van der Waals surface area contributed by atoms with Crippen LogP contribution in [0, 0.1) is 6.07 Å². The summed E-state index contributed by atoms with van der Waals surface area (Å²) in [4.78, 5) is 17.2.